The van der Waals surface area contributed by atoms with Crippen LogP contribution in [0.3, 0.4) is 0 Å². The van der Waals surface area contributed by atoms with E-state index in [1.54, 1.807) is 11.3 Å². The van der Waals surface area contributed by atoms with Crippen molar-refractivity contribution in [3.05, 3.63) is 34.1 Å². The molecule has 1 fully saturated rings. The quantitative estimate of drug-likeness (QED) is 0.734. The van der Waals surface area contributed by atoms with Crippen LogP contribution in [0.2, 0.25) is 5.02 Å². The van der Waals surface area contributed by atoms with Gasteiger partial charge in [0, 0.05) is 29.8 Å². The number of benzene rings is 1. The molecule has 1 aromatic carbocycles. The molecule has 1 aliphatic carbocycles. The number of aromatic nitrogens is 5. The van der Waals surface area contributed by atoms with Gasteiger partial charge in [0.1, 0.15) is 0 Å². The smallest absolute Gasteiger partial charge is 0.223 e. The van der Waals surface area contributed by atoms with Crippen LogP contribution in [0.4, 0.5) is 0 Å². The number of nitrogens with zero attached hydrogens (tertiary/aromatic N) is 4. The van der Waals surface area contributed by atoms with Crippen LogP contribution in [0.25, 0.3) is 10.2 Å². The molecule has 4 rings (SSSR count). The number of fused-ring (bicyclic) bond motifs is 1. The second-order valence-electron chi connectivity index (χ2n) is 5.48. The molecule has 1 aliphatic rings. The number of hydrogen-bond donors (Lipinski definition) is 2. The van der Waals surface area contributed by atoms with Gasteiger partial charge in [-0.3, -0.25) is 4.79 Å². The molecule has 23 heavy (non-hydrogen) atoms. The van der Waals surface area contributed by atoms with Gasteiger partial charge in [-0.2, -0.15) is 5.21 Å². The maximum absolute atomic E-state index is 12.1. The summed E-state index contributed by atoms with van der Waals surface area (Å²) in [6.07, 6.45) is 1.49. The van der Waals surface area contributed by atoms with Crippen LogP contribution in [-0.4, -0.2) is 38.1 Å². The third kappa shape index (κ3) is 3.04. The average molecular weight is 349 g/mol. The first-order valence-corrected chi connectivity index (χ1v) is 8.46. The van der Waals surface area contributed by atoms with E-state index in [4.69, 9.17) is 11.6 Å². The number of carbonyl (C=O) groups excluding carboxylic acids is 1. The molecule has 9 heteroatoms. The molecular weight excluding hydrogens is 336 g/mol. The number of rotatable bonds is 5. The number of amides is 1. The van der Waals surface area contributed by atoms with Gasteiger partial charge in [0.05, 0.1) is 15.2 Å². The summed E-state index contributed by atoms with van der Waals surface area (Å²) in [5, 5.41) is 18.4. The molecular formula is C14H13ClN6OS. The Morgan fingerprint density at radius 1 is 1.48 bits per heavy atom. The number of nitrogens with one attached hydrogen (secondary N) is 2. The van der Waals surface area contributed by atoms with E-state index in [1.165, 1.54) is 0 Å². The Morgan fingerprint density at radius 2 is 2.39 bits per heavy atom. The fraction of sp³-hybridized carbons (Fsp3) is 0.357. The molecule has 118 valence electrons. The zero-order chi connectivity index (χ0) is 15.8. The first-order chi connectivity index (χ1) is 11.2. The molecule has 3 aromatic rings. The van der Waals surface area contributed by atoms with Crippen LogP contribution in [0.15, 0.2) is 18.2 Å². The monoisotopic (exact) mass is 348 g/mol. The summed E-state index contributed by atoms with van der Waals surface area (Å²) in [5.41, 5.74) is 0.906. The lowest BCUT2D eigenvalue weighted by Crippen LogP contribution is -2.27. The lowest BCUT2D eigenvalue weighted by Gasteiger charge is -2.02. The summed E-state index contributed by atoms with van der Waals surface area (Å²) in [6.45, 7) is 0.571. The minimum absolute atomic E-state index is 0.0400. The van der Waals surface area contributed by atoms with Gasteiger partial charge in [0.25, 0.3) is 0 Å². The van der Waals surface area contributed by atoms with Crippen molar-refractivity contribution < 1.29 is 4.79 Å². The lowest BCUT2D eigenvalue weighted by molar-refractivity contribution is -0.122. The summed E-state index contributed by atoms with van der Waals surface area (Å²) in [5.74, 6) is 0.720. The molecule has 0 radical (unpaired) electrons. The minimum Gasteiger partial charge on any atom is -0.355 e. The van der Waals surface area contributed by atoms with Gasteiger partial charge in [0.2, 0.25) is 5.91 Å². The normalized spacial score (nSPS) is 19.9. The zero-order valence-electron chi connectivity index (χ0n) is 12.0. The first kappa shape index (κ1) is 14.5. The van der Waals surface area contributed by atoms with Crippen LogP contribution >= 0.6 is 22.9 Å². The van der Waals surface area contributed by atoms with E-state index in [0.29, 0.717) is 23.8 Å². The molecule has 1 saturated carbocycles. The second kappa shape index (κ2) is 5.86. The Kier molecular flexibility index (Phi) is 3.70. The molecule has 2 atom stereocenters. The highest BCUT2D eigenvalue weighted by Gasteiger charge is 2.46. The summed E-state index contributed by atoms with van der Waals surface area (Å²) in [7, 11) is 0. The topological polar surface area (TPSA) is 96.5 Å². The van der Waals surface area contributed by atoms with Crippen LogP contribution in [0.1, 0.15) is 23.2 Å². The van der Waals surface area contributed by atoms with Gasteiger partial charge < -0.3 is 5.32 Å². The van der Waals surface area contributed by atoms with Crippen molar-refractivity contribution in [1.82, 2.24) is 30.9 Å². The molecule has 0 unspecified atom stereocenters. The zero-order valence-corrected chi connectivity index (χ0v) is 13.6. The predicted molar refractivity (Wildman–Crippen MR) is 86.4 cm³/mol. The highest BCUT2D eigenvalue weighted by molar-refractivity contribution is 7.18. The molecule has 2 aromatic heterocycles. The Labute approximate surface area is 140 Å². The number of tetrazole rings is 1. The van der Waals surface area contributed by atoms with Crippen molar-refractivity contribution in [2.75, 3.05) is 6.54 Å². The van der Waals surface area contributed by atoms with Crippen molar-refractivity contribution in [3.8, 4) is 0 Å². The van der Waals surface area contributed by atoms with Gasteiger partial charge in [-0.05, 0) is 24.6 Å². The van der Waals surface area contributed by atoms with Crippen LogP contribution < -0.4 is 5.32 Å². The van der Waals surface area contributed by atoms with E-state index in [1.807, 2.05) is 18.2 Å². The molecule has 0 aliphatic heterocycles. The largest absolute Gasteiger partial charge is 0.355 e. The van der Waals surface area contributed by atoms with Crippen molar-refractivity contribution in [1.29, 1.82) is 0 Å². The molecule has 0 bridgehead atoms. The molecule has 1 amide bonds. The van der Waals surface area contributed by atoms with Crippen molar-refractivity contribution in [2.45, 2.75) is 18.8 Å². The fourth-order valence-electron chi connectivity index (χ4n) is 2.58. The number of hydrogen-bond acceptors (Lipinski definition) is 6. The third-order valence-electron chi connectivity index (χ3n) is 3.85. The summed E-state index contributed by atoms with van der Waals surface area (Å²) < 4.78 is 1.11. The van der Waals surface area contributed by atoms with Crippen LogP contribution in [-0.2, 0) is 11.2 Å². The minimum atomic E-state index is -0.0400. The van der Waals surface area contributed by atoms with Gasteiger partial charge >= 0.3 is 0 Å². The maximum atomic E-state index is 12.1. The third-order valence-corrected chi connectivity index (χ3v) is 5.18. The van der Waals surface area contributed by atoms with E-state index in [0.717, 1.165) is 21.6 Å². The van der Waals surface area contributed by atoms with Crippen molar-refractivity contribution in [3.63, 3.8) is 0 Å². The average Bonchev–Trinajstić information content (AvgIpc) is 2.96. The molecule has 0 spiro atoms. The molecule has 2 heterocycles. The van der Waals surface area contributed by atoms with E-state index >= 15 is 0 Å². The molecule has 2 N–H and O–H groups in total. The Morgan fingerprint density at radius 3 is 3.22 bits per heavy atom. The molecule has 0 saturated heterocycles. The van der Waals surface area contributed by atoms with E-state index in [-0.39, 0.29) is 17.7 Å². The predicted octanol–water partition coefficient (Wildman–Crippen LogP) is 1.93. The number of H-pyrrole nitrogens is 1. The Bertz CT molecular complexity index is 848. The Balaban J connectivity index is 1.30. The van der Waals surface area contributed by atoms with E-state index < -0.39 is 0 Å². The maximum Gasteiger partial charge on any atom is 0.223 e. The molecule has 7 nitrogen and oxygen atoms in total. The van der Waals surface area contributed by atoms with E-state index in [9.17, 15) is 4.79 Å². The standard InChI is InChI=1S/C14H13ClN6OS/c15-7-1-2-11-10(5-7)17-12(23-11)3-4-16-14(22)9-6-8(9)13-18-20-21-19-13/h1-2,5,8-9H,3-4,6H2,(H,16,22)(H,18,19,20,21)/t8-,9-/m1/s1. The highest BCUT2D eigenvalue weighted by Crippen LogP contribution is 2.45. The second-order valence-corrected chi connectivity index (χ2v) is 7.03. The fourth-order valence-corrected chi connectivity index (χ4v) is 3.69. The van der Waals surface area contributed by atoms with E-state index in [2.05, 4.69) is 30.9 Å². The van der Waals surface area contributed by atoms with Crippen molar-refractivity contribution >= 4 is 39.1 Å². The van der Waals surface area contributed by atoms with Crippen LogP contribution in [0.5, 0.6) is 0 Å². The SMILES string of the molecule is O=C(NCCc1nc2cc(Cl)ccc2s1)[C@@H]1C[C@H]1c1nn[nH]n1. The van der Waals surface area contributed by atoms with Gasteiger partial charge in [-0.15, -0.1) is 21.5 Å². The number of carbonyl (C=O) groups is 1. The number of halogens is 1. The Hall–Kier alpha value is -2.06. The van der Waals surface area contributed by atoms with Crippen LogP contribution in [0, 0.1) is 5.92 Å². The highest BCUT2D eigenvalue weighted by atomic mass is 35.5. The van der Waals surface area contributed by atoms with Gasteiger partial charge in [0.15, 0.2) is 5.82 Å². The van der Waals surface area contributed by atoms with Gasteiger partial charge in [-0.1, -0.05) is 16.8 Å². The number of thiazole rings is 1. The van der Waals surface area contributed by atoms with Gasteiger partial charge in [-0.25, -0.2) is 4.98 Å². The summed E-state index contributed by atoms with van der Waals surface area (Å²) >= 11 is 7.59. The van der Waals surface area contributed by atoms with Crippen molar-refractivity contribution in [2.24, 2.45) is 5.92 Å². The lowest BCUT2D eigenvalue weighted by atomic mass is 10.3. The summed E-state index contributed by atoms with van der Waals surface area (Å²) in [4.78, 5) is 16.6. The summed E-state index contributed by atoms with van der Waals surface area (Å²) in [6, 6.07) is 5.69. The number of aromatic amines is 1. The first-order valence-electron chi connectivity index (χ1n) is 7.27.